The predicted molar refractivity (Wildman–Crippen MR) is 114 cm³/mol. The number of hydrogen-bond donors (Lipinski definition) is 1. The predicted octanol–water partition coefficient (Wildman–Crippen LogP) is 3.09. The molecule has 30 heavy (non-hydrogen) atoms. The highest BCUT2D eigenvalue weighted by Crippen LogP contribution is 2.45. The van der Waals surface area contributed by atoms with Gasteiger partial charge in [0.2, 0.25) is 0 Å². The quantitative estimate of drug-likeness (QED) is 0.779. The lowest BCUT2D eigenvalue weighted by molar-refractivity contribution is 0.00578. The molecule has 2 aliphatic rings. The highest BCUT2D eigenvalue weighted by atomic mass is 16.7. The zero-order valence-electron chi connectivity index (χ0n) is 18.8. The smallest absolute Gasteiger partial charge is 0.399 e. The molecule has 1 aliphatic carbocycles. The van der Waals surface area contributed by atoms with Crippen LogP contribution in [0.5, 0.6) is 0 Å². The Hall–Kier alpha value is -2.19. The second kappa shape index (κ2) is 6.66. The van der Waals surface area contributed by atoms with Crippen molar-refractivity contribution in [2.24, 2.45) is 0 Å². The molecule has 8 heteroatoms. The van der Waals surface area contributed by atoms with E-state index in [0.717, 1.165) is 23.9 Å². The Morgan fingerprint density at radius 1 is 1.03 bits per heavy atom. The molecule has 1 aliphatic heterocycles. The van der Waals surface area contributed by atoms with Crippen molar-refractivity contribution in [2.45, 2.75) is 83.5 Å². The van der Waals surface area contributed by atoms with Gasteiger partial charge in [-0.1, -0.05) is 50.2 Å². The van der Waals surface area contributed by atoms with Gasteiger partial charge in [-0.3, -0.25) is 4.79 Å². The first kappa shape index (κ1) is 21.1. The average Bonchev–Trinajstić information content (AvgIpc) is 3.15. The van der Waals surface area contributed by atoms with Gasteiger partial charge in [0.1, 0.15) is 0 Å². The van der Waals surface area contributed by atoms with Gasteiger partial charge in [-0.25, -0.2) is 0 Å². The Balaban J connectivity index is 1.47. The van der Waals surface area contributed by atoms with Gasteiger partial charge < -0.3 is 19.1 Å². The van der Waals surface area contributed by atoms with Crippen molar-refractivity contribution in [2.75, 3.05) is 0 Å². The van der Waals surface area contributed by atoms with Crippen molar-refractivity contribution in [3.8, 4) is 0 Å². The van der Waals surface area contributed by atoms with Gasteiger partial charge >= 0.3 is 18.9 Å². The van der Waals surface area contributed by atoms with Crippen molar-refractivity contribution in [3.63, 3.8) is 0 Å². The van der Waals surface area contributed by atoms with Gasteiger partial charge in [-0.15, -0.1) is 0 Å². The van der Waals surface area contributed by atoms with E-state index in [1.807, 2.05) is 72.7 Å². The number of carbonyl (C=O) groups excluding carboxylic acids is 1. The molecule has 4 rings (SSSR count). The van der Waals surface area contributed by atoms with E-state index in [0.29, 0.717) is 5.82 Å². The maximum Gasteiger partial charge on any atom is 0.494 e. The summed E-state index contributed by atoms with van der Waals surface area (Å²) in [7, 11) is -0.400. The number of amides is 1. The third-order valence-electron chi connectivity index (χ3n) is 6.38. The van der Waals surface area contributed by atoms with E-state index >= 15 is 0 Å². The van der Waals surface area contributed by atoms with Crippen LogP contribution in [0.25, 0.3) is 0 Å². The lowest BCUT2D eigenvalue weighted by Gasteiger charge is -2.32. The Labute approximate surface area is 178 Å². The molecule has 7 nitrogen and oxygen atoms in total. The molecular weight excluding hydrogens is 381 g/mol. The summed E-state index contributed by atoms with van der Waals surface area (Å²) < 4.78 is 17.4. The van der Waals surface area contributed by atoms with Crippen LogP contribution < -0.4 is 10.8 Å². The number of rotatable bonds is 4. The van der Waals surface area contributed by atoms with Crippen LogP contribution in [0.4, 0.5) is 0 Å². The van der Waals surface area contributed by atoms with E-state index < -0.39 is 7.12 Å². The number of carbonyl (C=O) groups is 1. The molecule has 0 unspecified atom stereocenters. The molecule has 2 heterocycles. The standard InChI is InChI=1S/C22H30BN3O4/c1-19(2,3)18-24-17(28-26-18)16(27)25-22(12-13-22)14-8-10-15(11-9-14)23-29-20(4,5)21(6,7)30-23/h8-11H,12-13H2,1-7H3,(H,25,27). The zero-order valence-corrected chi connectivity index (χ0v) is 18.8. The van der Waals surface area contributed by atoms with E-state index in [4.69, 9.17) is 13.8 Å². The summed E-state index contributed by atoms with van der Waals surface area (Å²) in [5.74, 6) is 0.176. The molecule has 0 radical (unpaired) electrons. The number of nitrogens with one attached hydrogen (secondary N) is 1. The van der Waals surface area contributed by atoms with Crippen LogP contribution in [0, 0.1) is 0 Å². The van der Waals surface area contributed by atoms with Crippen LogP contribution in [0.1, 0.15) is 83.4 Å². The van der Waals surface area contributed by atoms with Gasteiger partial charge in [-0.2, -0.15) is 4.98 Å². The molecule has 1 aromatic carbocycles. The Kier molecular flexibility index (Phi) is 4.67. The maximum atomic E-state index is 12.7. The summed E-state index contributed by atoms with van der Waals surface area (Å²) >= 11 is 0. The molecule has 160 valence electrons. The lowest BCUT2D eigenvalue weighted by Crippen LogP contribution is -2.41. The van der Waals surface area contributed by atoms with Gasteiger partial charge in [-0.05, 0) is 51.6 Å². The second-order valence-corrected chi connectivity index (χ2v) is 10.4. The first-order chi connectivity index (χ1) is 13.8. The molecule has 2 fully saturated rings. The Morgan fingerprint density at radius 3 is 2.07 bits per heavy atom. The van der Waals surface area contributed by atoms with Crippen LogP contribution in [-0.2, 0) is 20.3 Å². The number of nitrogens with zero attached hydrogens (tertiary/aromatic N) is 2. The number of benzene rings is 1. The summed E-state index contributed by atoms with van der Waals surface area (Å²) in [5.41, 5.74) is 0.596. The number of hydrogen-bond acceptors (Lipinski definition) is 6. The summed E-state index contributed by atoms with van der Waals surface area (Å²) in [6.45, 7) is 14.1. The molecule has 1 saturated heterocycles. The van der Waals surface area contributed by atoms with Gasteiger partial charge in [0.15, 0.2) is 5.82 Å². The zero-order chi connectivity index (χ0) is 21.9. The SMILES string of the molecule is CC(C)(C)c1noc(C(=O)NC2(c3ccc(B4OC(C)(C)C(C)(C)O4)cc3)CC2)n1. The summed E-state index contributed by atoms with van der Waals surface area (Å²) in [6.07, 6.45) is 1.74. The van der Waals surface area contributed by atoms with Gasteiger partial charge in [0.25, 0.3) is 0 Å². The van der Waals surface area contributed by atoms with Crippen LogP contribution in [0.3, 0.4) is 0 Å². The largest absolute Gasteiger partial charge is 0.494 e. The summed E-state index contributed by atoms with van der Waals surface area (Å²) in [6, 6.07) is 8.08. The second-order valence-electron chi connectivity index (χ2n) is 10.4. The van der Waals surface area contributed by atoms with Crippen LogP contribution >= 0.6 is 0 Å². The van der Waals surface area contributed by atoms with E-state index in [2.05, 4.69) is 15.5 Å². The van der Waals surface area contributed by atoms with Crippen LogP contribution in [0.15, 0.2) is 28.8 Å². The lowest BCUT2D eigenvalue weighted by atomic mass is 9.78. The fourth-order valence-electron chi connectivity index (χ4n) is 3.44. The van der Waals surface area contributed by atoms with Crippen molar-refractivity contribution in [1.82, 2.24) is 15.5 Å². The third kappa shape index (κ3) is 3.67. The Bertz CT molecular complexity index is 940. The van der Waals surface area contributed by atoms with E-state index in [9.17, 15) is 4.79 Å². The molecule has 1 aromatic heterocycles. The first-order valence-corrected chi connectivity index (χ1v) is 10.5. The molecule has 0 atom stereocenters. The van der Waals surface area contributed by atoms with E-state index in [-0.39, 0.29) is 34.0 Å². The molecular formula is C22H30BN3O4. The summed E-state index contributed by atoms with van der Waals surface area (Å²) in [5, 5.41) is 7.02. The van der Waals surface area contributed by atoms with E-state index in [1.165, 1.54) is 0 Å². The van der Waals surface area contributed by atoms with Crippen molar-refractivity contribution < 1.29 is 18.6 Å². The molecule has 1 amide bonds. The molecule has 0 spiro atoms. The Morgan fingerprint density at radius 2 is 1.60 bits per heavy atom. The minimum Gasteiger partial charge on any atom is -0.399 e. The minimum atomic E-state index is -0.400. The van der Waals surface area contributed by atoms with Crippen LogP contribution in [0.2, 0.25) is 0 Å². The van der Waals surface area contributed by atoms with Gasteiger partial charge in [0, 0.05) is 5.41 Å². The number of aromatic nitrogens is 2. The first-order valence-electron chi connectivity index (χ1n) is 10.5. The average molecular weight is 411 g/mol. The normalized spacial score (nSPS) is 21.5. The van der Waals surface area contributed by atoms with Gasteiger partial charge in [0.05, 0.1) is 16.7 Å². The fraction of sp³-hybridized carbons (Fsp3) is 0.591. The highest BCUT2D eigenvalue weighted by molar-refractivity contribution is 6.62. The van der Waals surface area contributed by atoms with E-state index in [1.54, 1.807) is 0 Å². The highest BCUT2D eigenvalue weighted by Gasteiger charge is 2.52. The van der Waals surface area contributed by atoms with Crippen molar-refractivity contribution >= 4 is 18.5 Å². The topological polar surface area (TPSA) is 86.5 Å². The minimum absolute atomic E-state index is 0.0000357. The van der Waals surface area contributed by atoms with Crippen molar-refractivity contribution in [1.29, 1.82) is 0 Å². The molecule has 1 N–H and O–H groups in total. The monoisotopic (exact) mass is 411 g/mol. The van der Waals surface area contributed by atoms with Crippen molar-refractivity contribution in [3.05, 3.63) is 41.5 Å². The molecule has 2 aromatic rings. The fourth-order valence-corrected chi connectivity index (χ4v) is 3.44. The summed E-state index contributed by atoms with van der Waals surface area (Å²) in [4.78, 5) is 16.9. The molecule has 0 bridgehead atoms. The molecule has 1 saturated carbocycles. The third-order valence-corrected chi connectivity index (χ3v) is 6.38. The van der Waals surface area contributed by atoms with Crippen LogP contribution in [-0.4, -0.2) is 34.4 Å². The maximum absolute atomic E-state index is 12.7.